The van der Waals surface area contributed by atoms with Crippen LogP contribution in [0.5, 0.6) is 0 Å². The van der Waals surface area contributed by atoms with Crippen molar-refractivity contribution in [2.24, 2.45) is 0 Å². The van der Waals surface area contributed by atoms with E-state index in [0.29, 0.717) is 37.8 Å². The molecule has 0 aromatic carbocycles. The summed E-state index contributed by atoms with van der Waals surface area (Å²) in [5.41, 5.74) is -1.30. The molecule has 0 spiro atoms. The molecule has 112 valence electrons. The van der Waals surface area contributed by atoms with Gasteiger partial charge in [-0.3, -0.25) is 4.79 Å². The third-order valence-corrected chi connectivity index (χ3v) is 3.86. The van der Waals surface area contributed by atoms with Gasteiger partial charge in [0.25, 0.3) is 0 Å². The first-order valence-electron chi connectivity index (χ1n) is 7.18. The fourth-order valence-electron chi connectivity index (χ4n) is 2.18. The number of carbonyl (C=O) groups is 1. The van der Waals surface area contributed by atoms with Gasteiger partial charge in [-0.25, -0.2) is 0 Å². The van der Waals surface area contributed by atoms with Gasteiger partial charge in [-0.2, -0.15) is 4.98 Å². The minimum atomic E-state index is -0.720. The van der Waals surface area contributed by atoms with Gasteiger partial charge in [0.05, 0.1) is 6.61 Å². The van der Waals surface area contributed by atoms with Crippen molar-refractivity contribution >= 4 is 5.97 Å². The lowest BCUT2D eigenvalue weighted by Crippen LogP contribution is -2.27. The second kappa shape index (κ2) is 5.52. The first kappa shape index (κ1) is 15.0. The molecular formula is C14H22N2O4. The number of rotatable bonds is 7. The Bertz CT molecular complexity index is 481. The lowest BCUT2D eigenvalue weighted by molar-refractivity contribution is -0.146. The van der Waals surface area contributed by atoms with Gasteiger partial charge >= 0.3 is 5.97 Å². The highest BCUT2D eigenvalue weighted by molar-refractivity contribution is 5.85. The SMILES string of the molecule is CCOC(=O)C1(c2nc(C(C)(CC)OCC)no2)CC1. The van der Waals surface area contributed by atoms with Gasteiger partial charge in [-0.1, -0.05) is 12.1 Å². The molecule has 1 saturated carbocycles. The maximum atomic E-state index is 12.0. The van der Waals surface area contributed by atoms with E-state index in [4.69, 9.17) is 14.0 Å². The van der Waals surface area contributed by atoms with Crippen molar-refractivity contribution in [2.45, 2.75) is 58.0 Å². The van der Waals surface area contributed by atoms with Crippen molar-refractivity contribution in [1.29, 1.82) is 0 Å². The molecule has 1 fully saturated rings. The van der Waals surface area contributed by atoms with Gasteiger partial charge in [0.2, 0.25) is 11.7 Å². The van der Waals surface area contributed by atoms with Crippen LogP contribution in [0.2, 0.25) is 0 Å². The van der Waals surface area contributed by atoms with Crippen LogP contribution in [0.4, 0.5) is 0 Å². The average Bonchev–Trinajstić information content (AvgIpc) is 3.09. The van der Waals surface area contributed by atoms with E-state index < -0.39 is 11.0 Å². The van der Waals surface area contributed by atoms with Gasteiger partial charge in [0.15, 0.2) is 0 Å². The van der Waals surface area contributed by atoms with E-state index in [1.165, 1.54) is 0 Å². The third-order valence-electron chi connectivity index (χ3n) is 3.86. The van der Waals surface area contributed by atoms with E-state index in [2.05, 4.69) is 10.1 Å². The Morgan fingerprint density at radius 3 is 2.55 bits per heavy atom. The van der Waals surface area contributed by atoms with Gasteiger partial charge in [0, 0.05) is 6.61 Å². The van der Waals surface area contributed by atoms with Crippen LogP contribution in [-0.4, -0.2) is 29.3 Å². The number of esters is 1. The highest BCUT2D eigenvalue weighted by atomic mass is 16.5. The van der Waals surface area contributed by atoms with Crippen LogP contribution in [0.1, 0.15) is 58.7 Å². The van der Waals surface area contributed by atoms with Gasteiger partial charge < -0.3 is 14.0 Å². The molecule has 0 radical (unpaired) electrons. The van der Waals surface area contributed by atoms with E-state index in [-0.39, 0.29) is 5.97 Å². The molecule has 6 nitrogen and oxygen atoms in total. The fraction of sp³-hybridized carbons (Fsp3) is 0.786. The fourth-order valence-corrected chi connectivity index (χ4v) is 2.18. The summed E-state index contributed by atoms with van der Waals surface area (Å²) in [4.78, 5) is 16.4. The Kier molecular flexibility index (Phi) is 4.13. The number of carbonyl (C=O) groups excluding carboxylic acids is 1. The summed E-state index contributed by atoms with van der Waals surface area (Å²) >= 11 is 0. The molecule has 1 aromatic heterocycles. The van der Waals surface area contributed by atoms with Crippen molar-refractivity contribution in [3.05, 3.63) is 11.7 Å². The summed E-state index contributed by atoms with van der Waals surface area (Å²) < 4.78 is 16.1. The zero-order valence-electron chi connectivity index (χ0n) is 12.6. The quantitative estimate of drug-likeness (QED) is 0.714. The van der Waals surface area contributed by atoms with Crippen molar-refractivity contribution in [2.75, 3.05) is 13.2 Å². The molecule has 1 heterocycles. The Morgan fingerprint density at radius 2 is 2.05 bits per heavy atom. The summed E-state index contributed by atoms with van der Waals surface area (Å²) in [6.07, 6.45) is 2.13. The summed E-state index contributed by atoms with van der Waals surface area (Å²) in [7, 11) is 0. The Balaban J connectivity index is 2.23. The minimum Gasteiger partial charge on any atom is -0.465 e. The predicted molar refractivity (Wildman–Crippen MR) is 71.1 cm³/mol. The number of aromatic nitrogens is 2. The number of nitrogens with zero attached hydrogens (tertiary/aromatic N) is 2. The smallest absolute Gasteiger partial charge is 0.321 e. The molecule has 6 heteroatoms. The first-order valence-corrected chi connectivity index (χ1v) is 7.18. The predicted octanol–water partition coefficient (Wildman–Crippen LogP) is 2.33. The van der Waals surface area contributed by atoms with E-state index in [1.807, 2.05) is 20.8 Å². The average molecular weight is 282 g/mol. The van der Waals surface area contributed by atoms with Crippen molar-refractivity contribution in [1.82, 2.24) is 10.1 Å². The lowest BCUT2D eigenvalue weighted by Gasteiger charge is -2.23. The summed E-state index contributed by atoms with van der Waals surface area (Å²) in [6, 6.07) is 0. The molecule has 1 unspecified atom stereocenters. The van der Waals surface area contributed by atoms with E-state index >= 15 is 0 Å². The van der Waals surface area contributed by atoms with Crippen LogP contribution in [0.3, 0.4) is 0 Å². The van der Waals surface area contributed by atoms with Gasteiger partial charge in [0.1, 0.15) is 11.0 Å². The maximum Gasteiger partial charge on any atom is 0.321 e. The summed E-state index contributed by atoms with van der Waals surface area (Å²) in [5, 5.41) is 4.01. The Labute approximate surface area is 118 Å². The Morgan fingerprint density at radius 1 is 1.35 bits per heavy atom. The molecular weight excluding hydrogens is 260 g/mol. The number of ether oxygens (including phenoxy) is 2. The van der Waals surface area contributed by atoms with Gasteiger partial charge in [-0.15, -0.1) is 0 Å². The molecule has 0 bridgehead atoms. The number of hydrogen-bond donors (Lipinski definition) is 0. The molecule has 0 saturated heterocycles. The minimum absolute atomic E-state index is 0.273. The normalized spacial score (nSPS) is 19.4. The highest BCUT2D eigenvalue weighted by Crippen LogP contribution is 2.48. The molecule has 1 atom stereocenters. The van der Waals surface area contributed by atoms with E-state index in [0.717, 1.165) is 6.42 Å². The molecule has 1 aliphatic carbocycles. The second-order valence-electron chi connectivity index (χ2n) is 5.24. The van der Waals surface area contributed by atoms with Crippen LogP contribution in [0, 0.1) is 0 Å². The zero-order valence-corrected chi connectivity index (χ0v) is 12.6. The van der Waals surface area contributed by atoms with Crippen LogP contribution < -0.4 is 0 Å². The molecule has 0 N–H and O–H groups in total. The molecule has 1 aromatic rings. The number of hydrogen-bond acceptors (Lipinski definition) is 6. The van der Waals surface area contributed by atoms with Crippen molar-refractivity contribution in [3.8, 4) is 0 Å². The van der Waals surface area contributed by atoms with E-state index in [9.17, 15) is 4.79 Å². The Hall–Kier alpha value is -1.43. The zero-order chi connectivity index (χ0) is 14.8. The third kappa shape index (κ3) is 2.44. The second-order valence-corrected chi connectivity index (χ2v) is 5.24. The highest BCUT2D eigenvalue weighted by Gasteiger charge is 2.58. The standard InChI is InChI=1S/C14H22N2O4/c1-5-13(4,19-7-3)10-15-11(20-16-10)14(8-9-14)12(17)18-6-2/h5-9H2,1-4H3. The molecule has 2 rings (SSSR count). The van der Waals surface area contributed by atoms with Crippen molar-refractivity contribution < 1.29 is 18.8 Å². The molecule has 0 amide bonds. The lowest BCUT2D eigenvalue weighted by atomic mass is 10.0. The van der Waals surface area contributed by atoms with E-state index in [1.54, 1.807) is 6.92 Å². The summed E-state index contributed by atoms with van der Waals surface area (Å²) in [6.45, 7) is 8.57. The van der Waals surface area contributed by atoms with Crippen LogP contribution in [-0.2, 0) is 25.3 Å². The van der Waals surface area contributed by atoms with Gasteiger partial charge in [-0.05, 0) is 40.0 Å². The van der Waals surface area contributed by atoms with Crippen LogP contribution in [0.25, 0.3) is 0 Å². The van der Waals surface area contributed by atoms with Crippen LogP contribution in [0.15, 0.2) is 4.52 Å². The summed E-state index contributed by atoms with van der Waals surface area (Å²) in [5.74, 6) is 0.572. The van der Waals surface area contributed by atoms with Crippen molar-refractivity contribution in [3.63, 3.8) is 0 Å². The largest absolute Gasteiger partial charge is 0.465 e. The first-order chi connectivity index (χ1) is 9.52. The molecule has 1 aliphatic rings. The van der Waals surface area contributed by atoms with Crippen LogP contribution >= 0.6 is 0 Å². The monoisotopic (exact) mass is 282 g/mol. The topological polar surface area (TPSA) is 74.5 Å². The maximum absolute atomic E-state index is 12.0. The molecule has 0 aliphatic heterocycles. The molecule has 20 heavy (non-hydrogen) atoms.